The second-order valence-electron chi connectivity index (χ2n) is 4.84. The summed E-state index contributed by atoms with van der Waals surface area (Å²) < 4.78 is 5.53. The molecule has 1 aromatic carbocycles. The lowest BCUT2D eigenvalue weighted by Crippen LogP contribution is -2.42. The standard InChI is InChI=1S/C14H17ClN2O4/c1-16(5-4-14(19)20)13(18)9-17-6-7-21-12-3-2-10(15)8-11(12)17/h2-3,8H,4-7,9H2,1H3,(H,19,20). The smallest absolute Gasteiger partial charge is 0.305 e. The molecular weight excluding hydrogens is 296 g/mol. The highest BCUT2D eigenvalue weighted by Crippen LogP contribution is 2.33. The lowest BCUT2D eigenvalue weighted by molar-refractivity contribution is -0.138. The third-order valence-corrected chi connectivity index (χ3v) is 3.53. The zero-order valence-corrected chi connectivity index (χ0v) is 12.5. The number of carbonyl (C=O) groups excluding carboxylic acids is 1. The molecule has 0 aromatic heterocycles. The Hall–Kier alpha value is -1.95. The number of carboxylic acids is 1. The van der Waals surface area contributed by atoms with Gasteiger partial charge in [-0.25, -0.2) is 0 Å². The summed E-state index contributed by atoms with van der Waals surface area (Å²) in [6, 6.07) is 5.29. The van der Waals surface area contributed by atoms with Crippen LogP contribution in [0.4, 0.5) is 5.69 Å². The Labute approximate surface area is 127 Å². The van der Waals surface area contributed by atoms with Crippen LogP contribution in [-0.4, -0.2) is 55.2 Å². The van der Waals surface area contributed by atoms with Gasteiger partial charge < -0.3 is 19.6 Å². The summed E-state index contributed by atoms with van der Waals surface area (Å²) in [5.74, 6) is -0.353. The first-order valence-corrected chi connectivity index (χ1v) is 6.98. The third-order valence-electron chi connectivity index (χ3n) is 3.29. The first kappa shape index (κ1) is 15.4. The van der Waals surface area contributed by atoms with Crippen LogP contribution >= 0.6 is 11.6 Å². The molecule has 0 spiro atoms. The van der Waals surface area contributed by atoms with E-state index in [-0.39, 0.29) is 25.4 Å². The van der Waals surface area contributed by atoms with Crippen LogP contribution < -0.4 is 9.64 Å². The van der Waals surface area contributed by atoms with E-state index in [2.05, 4.69) is 0 Å². The molecule has 1 N–H and O–H groups in total. The number of anilines is 1. The van der Waals surface area contributed by atoms with Gasteiger partial charge in [0.05, 0.1) is 25.2 Å². The van der Waals surface area contributed by atoms with Crippen molar-refractivity contribution in [1.82, 2.24) is 4.90 Å². The molecule has 1 aliphatic rings. The van der Waals surface area contributed by atoms with E-state index in [9.17, 15) is 9.59 Å². The predicted octanol–water partition coefficient (Wildman–Crippen LogP) is 1.47. The topological polar surface area (TPSA) is 70.1 Å². The lowest BCUT2D eigenvalue weighted by atomic mass is 10.2. The molecule has 0 atom stereocenters. The van der Waals surface area contributed by atoms with E-state index in [0.29, 0.717) is 23.9 Å². The minimum atomic E-state index is -0.918. The molecule has 2 rings (SSSR count). The normalized spacial score (nSPS) is 13.3. The average molecular weight is 313 g/mol. The quantitative estimate of drug-likeness (QED) is 0.891. The van der Waals surface area contributed by atoms with Crippen LogP contribution in [0.1, 0.15) is 6.42 Å². The molecule has 0 saturated carbocycles. The Balaban J connectivity index is 2.02. The van der Waals surface area contributed by atoms with Crippen LogP contribution in [0.2, 0.25) is 5.02 Å². The Morgan fingerprint density at radius 3 is 2.95 bits per heavy atom. The van der Waals surface area contributed by atoms with Gasteiger partial charge in [0.25, 0.3) is 0 Å². The largest absolute Gasteiger partial charge is 0.490 e. The van der Waals surface area contributed by atoms with Gasteiger partial charge in [0.1, 0.15) is 12.4 Å². The monoisotopic (exact) mass is 312 g/mol. The number of halogens is 1. The minimum absolute atomic E-state index is 0.0617. The highest BCUT2D eigenvalue weighted by atomic mass is 35.5. The van der Waals surface area contributed by atoms with Crippen LogP contribution in [0.5, 0.6) is 5.75 Å². The van der Waals surface area contributed by atoms with E-state index in [1.807, 2.05) is 4.90 Å². The number of benzene rings is 1. The second kappa shape index (κ2) is 6.67. The highest BCUT2D eigenvalue weighted by Gasteiger charge is 2.22. The van der Waals surface area contributed by atoms with E-state index in [4.69, 9.17) is 21.4 Å². The molecule has 0 radical (unpaired) electrons. The molecule has 0 unspecified atom stereocenters. The molecule has 114 valence electrons. The fourth-order valence-electron chi connectivity index (χ4n) is 2.08. The third kappa shape index (κ3) is 4.01. The van der Waals surface area contributed by atoms with Gasteiger partial charge in [-0.3, -0.25) is 9.59 Å². The fraction of sp³-hybridized carbons (Fsp3) is 0.429. The van der Waals surface area contributed by atoms with E-state index < -0.39 is 5.97 Å². The SMILES string of the molecule is CN(CCC(=O)O)C(=O)CN1CCOc2ccc(Cl)cc21. The van der Waals surface area contributed by atoms with Gasteiger partial charge in [-0.1, -0.05) is 11.6 Å². The fourth-order valence-corrected chi connectivity index (χ4v) is 2.25. The molecule has 0 aliphatic carbocycles. The van der Waals surface area contributed by atoms with Crippen LogP contribution in [0.25, 0.3) is 0 Å². The zero-order valence-electron chi connectivity index (χ0n) is 11.7. The zero-order chi connectivity index (χ0) is 15.4. The number of aliphatic carboxylic acids is 1. The Kier molecular flexibility index (Phi) is 4.90. The van der Waals surface area contributed by atoms with Crippen LogP contribution in [0.3, 0.4) is 0 Å². The maximum atomic E-state index is 12.1. The van der Waals surface area contributed by atoms with Crippen LogP contribution in [-0.2, 0) is 9.59 Å². The van der Waals surface area contributed by atoms with Crippen molar-refractivity contribution in [3.63, 3.8) is 0 Å². The van der Waals surface area contributed by atoms with Crippen molar-refractivity contribution in [2.75, 3.05) is 38.2 Å². The summed E-state index contributed by atoms with van der Waals surface area (Å²) in [4.78, 5) is 26.0. The summed E-state index contributed by atoms with van der Waals surface area (Å²) in [6.45, 7) is 1.46. The number of hydrogen-bond acceptors (Lipinski definition) is 4. The van der Waals surface area contributed by atoms with E-state index >= 15 is 0 Å². The van der Waals surface area contributed by atoms with Gasteiger partial charge in [-0.05, 0) is 18.2 Å². The maximum Gasteiger partial charge on any atom is 0.305 e. The van der Waals surface area contributed by atoms with Gasteiger partial charge in [0.15, 0.2) is 0 Å². The number of likely N-dealkylation sites (N-methyl/N-ethyl adjacent to an activating group) is 1. The average Bonchev–Trinajstić information content (AvgIpc) is 2.45. The first-order chi connectivity index (χ1) is 9.97. The maximum absolute atomic E-state index is 12.1. The lowest BCUT2D eigenvalue weighted by Gasteiger charge is -2.32. The first-order valence-electron chi connectivity index (χ1n) is 6.60. The van der Waals surface area contributed by atoms with Crippen molar-refractivity contribution in [2.24, 2.45) is 0 Å². The Bertz CT molecular complexity index is 550. The molecule has 6 nitrogen and oxygen atoms in total. The van der Waals surface area contributed by atoms with Crippen molar-refractivity contribution < 1.29 is 19.4 Å². The number of ether oxygens (including phenoxy) is 1. The van der Waals surface area contributed by atoms with Gasteiger partial charge in [-0.2, -0.15) is 0 Å². The molecule has 1 aliphatic heterocycles. The second-order valence-corrected chi connectivity index (χ2v) is 5.28. The number of rotatable bonds is 5. The molecule has 1 amide bonds. The number of carbonyl (C=O) groups is 2. The number of nitrogens with zero attached hydrogens (tertiary/aromatic N) is 2. The molecule has 1 aromatic rings. The molecule has 0 saturated heterocycles. The van der Waals surface area contributed by atoms with Crippen molar-refractivity contribution >= 4 is 29.2 Å². The van der Waals surface area contributed by atoms with E-state index in [0.717, 1.165) is 5.69 Å². The van der Waals surface area contributed by atoms with Gasteiger partial charge in [0.2, 0.25) is 5.91 Å². The summed E-state index contributed by atoms with van der Waals surface area (Å²) >= 11 is 5.98. The highest BCUT2D eigenvalue weighted by molar-refractivity contribution is 6.31. The summed E-state index contributed by atoms with van der Waals surface area (Å²) in [5.41, 5.74) is 0.786. The molecule has 7 heteroatoms. The van der Waals surface area contributed by atoms with Gasteiger partial charge in [0, 0.05) is 18.6 Å². The van der Waals surface area contributed by atoms with Crippen LogP contribution in [0, 0.1) is 0 Å². The molecule has 21 heavy (non-hydrogen) atoms. The Morgan fingerprint density at radius 1 is 1.48 bits per heavy atom. The predicted molar refractivity (Wildman–Crippen MR) is 79.0 cm³/mol. The van der Waals surface area contributed by atoms with Crippen molar-refractivity contribution in [3.05, 3.63) is 23.2 Å². The number of amides is 1. The number of carboxylic acid groups (broad SMARTS) is 1. The molecular formula is C14H17ClN2O4. The van der Waals surface area contributed by atoms with Crippen LogP contribution in [0.15, 0.2) is 18.2 Å². The van der Waals surface area contributed by atoms with Crippen molar-refractivity contribution in [2.45, 2.75) is 6.42 Å². The molecule has 0 bridgehead atoms. The Morgan fingerprint density at radius 2 is 2.24 bits per heavy atom. The van der Waals surface area contributed by atoms with E-state index in [1.165, 1.54) is 4.90 Å². The number of hydrogen-bond donors (Lipinski definition) is 1. The summed E-state index contributed by atoms with van der Waals surface area (Å²) in [7, 11) is 1.60. The molecule has 1 heterocycles. The number of fused-ring (bicyclic) bond motifs is 1. The van der Waals surface area contributed by atoms with Crippen molar-refractivity contribution in [1.29, 1.82) is 0 Å². The van der Waals surface area contributed by atoms with Crippen molar-refractivity contribution in [3.8, 4) is 5.75 Å². The van der Waals surface area contributed by atoms with Gasteiger partial charge in [-0.15, -0.1) is 0 Å². The summed E-state index contributed by atoms with van der Waals surface area (Å²) in [6.07, 6.45) is -0.0617. The summed E-state index contributed by atoms with van der Waals surface area (Å²) in [5, 5.41) is 9.23. The van der Waals surface area contributed by atoms with Gasteiger partial charge >= 0.3 is 5.97 Å². The molecule has 0 fully saturated rings. The van der Waals surface area contributed by atoms with E-state index in [1.54, 1.807) is 25.2 Å². The minimum Gasteiger partial charge on any atom is -0.490 e.